The summed E-state index contributed by atoms with van der Waals surface area (Å²) in [7, 11) is 0. The molecule has 0 spiro atoms. The Hall–Kier alpha value is -0.410. The molecule has 1 N–H and O–H groups in total. The molecule has 0 aromatic carbocycles. The van der Waals surface area contributed by atoms with Gasteiger partial charge >= 0.3 is 0 Å². The van der Waals surface area contributed by atoms with Crippen molar-refractivity contribution in [2.45, 2.75) is 51.5 Å². The molecule has 1 atom stereocenters. The van der Waals surface area contributed by atoms with Crippen LogP contribution >= 0.6 is 0 Å². The summed E-state index contributed by atoms with van der Waals surface area (Å²) in [6, 6.07) is 0. The van der Waals surface area contributed by atoms with Crippen LogP contribution in [0.15, 0.2) is 0 Å². The summed E-state index contributed by atoms with van der Waals surface area (Å²) in [5.74, 6) is -0.549. The smallest absolute Gasteiger partial charge is 0.136 e. The van der Waals surface area contributed by atoms with E-state index >= 15 is 0 Å². The summed E-state index contributed by atoms with van der Waals surface area (Å²) in [5.41, 5.74) is -2.30. The highest BCUT2D eigenvalue weighted by Gasteiger charge is 2.44. The minimum absolute atomic E-state index is 0.0495. The fraction of sp³-hybridized carbons (Fsp3) is 0.889. The Morgan fingerprint density at radius 3 is 2.67 bits per heavy atom. The molecule has 0 amide bonds. The van der Waals surface area contributed by atoms with Crippen molar-refractivity contribution in [1.29, 1.82) is 0 Å². The van der Waals surface area contributed by atoms with Gasteiger partial charge in [0, 0.05) is 28.0 Å². The minimum Gasteiger partial charge on any atom is -0.313 e. The van der Waals surface area contributed by atoms with Gasteiger partial charge in [-0.05, 0) is 27.7 Å². The van der Waals surface area contributed by atoms with Crippen molar-refractivity contribution >= 4 is 5.78 Å². The summed E-state index contributed by atoms with van der Waals surface area (Å²) < 4.78 is 22.7. The van der Waals surface area contributed by atoms with Crippen LogP contribution in [0.5, 0.6) is 0 Å². The van der Waals surface area contributed by atoms with Gasteiger partial charge in [-0.2, -0.15) is 5.06 Å². The molecular weight excluding hydrogens is 155 g/mol. The maximum absolute atomic E-state index is 11.7. The second kappa shape index (κ2) is 2.54. The number of hydrogen-bond acceptors (Lipinski definition) is 3. The summed E-state index contributed by atoms with van der Waals surface area (Å²) in [6.07, 6.45) is -2.23. The van der Waals surface area contributed by atoms with E-state index in [4.69, 9.17) is 4.11 Å². The average molecular weight is 175 g/mol. The molecule has 0 bridgehead atoms. The van der Waals surface area contributed by atoms with Gasteiger partial charge in [0.15, 0.2) is 0 Å². The van der Waals surface area contributed by atoms with Gasteiger partial charge in [-0.25, -0.2) is 0 Å². The first-order valence-corrected chi connectivity index (χ1v) is 3.91. The molecule has 1 heterocycles. The van der Waals surface area contributed by atoms with Gasteiger partial charge in [0.05, 0.1) is 0 Å². The number of ketones is 1. The molecule has 1 aliphatic rings. The molecule has 0 aromatic rings. The van der Waals surface area contributed by atoms with Gasteiger partial charge in [0.25, 0.3) is 0 Å². The Kier molecular flexibility index (Phi) is 1.29. The third kappa shape index (κ3) is 1.52. The van der Waals surface area contributed by atoms with Crippen molar-refractivity contribution in [1.82, 2.24) is 5.06 Å². The predicted molar refractivity (Wildman–Crippen MR) is 46.0 cm³/mol. The van der Waals surface area contributed by atoms with Crippen LogP contribution in [-0.2, 0) is 4.79 Å². The molecule has 0 aromatic heterocycles. The summed E-state index contributed by atoms with van der Waals surface area (Å²) >= 11 is 0. The first kappa shape index (κ1) is 6.11. The van der Waals surface area contributed by atoms with Gasteiger partial charge in [-0.1, -0.05) is 0 Å². The zero-order chi connectivity index (χ0) is 12.1. The van der Waals surface area contributed by atoms with Crippen LogP contribution in [0.4, 0.5) is 0 Å². The van der Waals surface area contributed by atoms with E-state index in [-0.39, 0.29) is 13.3 Å². The molecule has 3 heteroatoms. The van der Waals surface area contributed by atoms with Crippen molar-refractivity contribution in [3.05, 3.63) is 0 Å². The van der Waals surface area contributed by atoms with E-state index in [1.165, 1.54) is 6.92 Å². The lowest BCUT2D eigenvalue weighted by Gasteiger charge is -2.47. The largest absolute Gasteiger partial charge is 0.313 e. The molecular formula is C9H17NO2. The third-order valence-electron chi connectivity index (χ3n) is 2.04. The second-order valence-corrected chi connectivity index (χ2v) is 4.12. The number of hydrogen-bond donors (Lipinski definition) is 1. The van der Waals surface area contributed by atoms with Gasteiger partial charge in [0.2, 0.25) is 0 Å². The van der Waals surface area contributed by atoms with E-state index in [0.717, 1.165) is 5.06 Å². The second-order valence-electron chi connectivity index (χ2n) is 4.12. The Morgan fingerprint density at radius 2 is 2.17 bits per heavy atom. The quantitative estimate of drug-likeness (QED) is 0.568. The van der Waals surface area contributed by atoms with Crippen molar-refractivity contribution in [2.75, 3.05) is 0 Å². The van der Waals surface area contributed by atoms with Crippen LogP contribution in [0, 0.1) is 0 Å². The monoisotopic (exact) mass is 175 g/mol. The number of carbonyl (C=O) groups excluding carboxylic acids is 1. The average Bonchev–Trinajstić information content (AvgIpc) is 2.12. The van der Waals surface area contributed by atoms with E-state index in [0.29, 0.717) is 0 Å². The number of hydroxylamine groups is 2. The molecule has 1 aliphatic heterocycles. The number of carbonyl (C=O) groups is 1. The molecule has 70 valence electrons. The van der Waals surface area contributed by atoms with Crippen LogP contribution in [0.25, 0.3) is 0 Å². The summed E-state index contributed by atoms with van der Waals surface area (Å²) in [5, 5.41) is 10.8. The Balaban J connectivity index is 3.24. The SMILES string of the molecule is [2H]CC1(C)[15N](O)C(C)(C)CC(=O)C1([2H])[2H]. The summed E-state index contributed by atoms with van der Waals surface area (Å²) in [6.45, 7) is 4.35. The molecule has 0 saturated carbocycles. The van der Waals surface area contributed by atoms with Gasteiger partial charge < -0.3 is 5.21 Å². The van der Waals surface area contributed by atoms with Gasteiger partial charge in [-0.3, -0.25) is 4.79 Å². The van der Waals surface area contributed by atoms with Crippen LogP contribution < -0.4 is 0 Å². The number of piperidine rings is 1. The van der Waals surface area contributed by atoms with Crippen LogP contribution in [0.1, 0.15) is 44.6 Å². The Labute approximate surface area is 77.5 Å². The molecule has 1 unspecified atom stereocenters. The van der Waals surface area contributed by atoms with E-state index < -0.39 is 23.2 Å². The van der Waals surface area contributed by atoms with E-state index in [1.54, 1.807) is 13.8 Å². The highest BCUT2D eigenvalue weighted by atomic mass is 16.8. The van der Waals surface area contributed by atoms with Crippen LogP contribution in [0.2, 0.25) is 0 Å². The van der Waals surface area contributed by atoms with Gasteiger partial charge in [-0.15, -0.1) is 0 Å². The first-order chi connectivity index (χ1) is 6.59. The lowest BCUT2D eigenvalue weighted by molar-refractivity contribution is -0.236. The Morgan fingerprint density at radius 1 is 1.58 bits per heavy atom. The molecule has 0 aliphatic carbocycles. The fourth-order valence-electron chi connectivity index (χ4n) is 1.53. The zero-order valence-corrected chi connectivity index (χ0v) is 7.72. The van der Waals surface area contributed by atoms with E-state index in [9.17, 15) is 10.0 Å². The molecule has 1 saturated heterocycles. The van der Waals surface area contributed by atoms with Crippen LogP contribution in [-0.4, -0.2) is 27.1 Å². The molecule has 12 heavy (non-hydrogen) atoms. The maximum Gasteiger partial charge on any atom is 0.136 e. The number of nitrogens with zero attached hydrogens (tertiary/aromatic N) is 1. The van der Waals surface area contributed by atoms with E-state index in [1.807, 2.05) is 0 Å². The van der Waals surface area contributed by atoms with Crippen LogP contribution in [0.3, 0.4) is 0 Å². The lowest BCUT2D eigenvalue weighted by atomic mass is 9.85. The molecule has 1 rings (SSSR count). The standard InChI is InChI=1S/C9H17NO2/c1-8(2)5-7(11)6-9(3,4)10(8)12/h12H,5-6H2,1-4H3/i1D,5D2,10+1. The third-order valence-corrected chi connectivity index (χ3v) is 2.04. The predicted octanol–water partition coefficient (Wildman–Crippen LogP) is 1.60. The molecule has 0 radical (unpaired) electrons. The van der Waals surface area contributed by atoms with Crippen molar-refractivity contribution in [2.24, 2.45) is 0 Å². The minimum atomic E-state index is -2.18. The van der Waals surface area contributed by atoms with Crippen molar-refractivity contribution in [3.8, 4) is 0 Å². The maximum atomic E-state index is 11.7. The zero-order valence-electron chi connectivity index (χ0n) is 10.7. The van der Waals surface area contributed by atoms with Crippen molar-refractivity contribution < 1.29 is 14.1 Å². The normalized spacial score (nSPS) is 44.7. The number of Topliss-reactive ketones (excluding diaryl/α,β-unsaturated/α-hetero) is 1. The number of rotatable bonds is 0. The highest BCUT2D eigenvalue weighted by Crippen LogP contribution is 2.34. The summed E-state index contributed by atoms with van der Waals surface area (Å²) in [4.78, 5) is 11.7. The molecule has 3 nitrogen and oxygen atoms in total. The van der Waals surface area contributed by atoms with Gasteiger partial charge in [0.1, 0.15) is 5.78 Å². The highest BCUT2D eigenvalue weighted by molar-refractivity contribution is 5.81. The lowest BCUT2D eigenvalue weighted by Crippen LogP contribution is -2.59. The fourth-order valence-corrected chi connectivity index (χ4v) is 1.53. The Bertz CT molecular complexity index is 293. The topological polar surface area (TPSA) is 40.5 Å². The van der Waals surface area contributed by atoms with E-state index in [2.05, 4.69) is 0 Å². The van der Waals surface area contributed by atoms with Crippen molar-refractivity contribution in [3.63, 3.8) is 0 Å². The molecule has 1 fully saturated rings. The first-order valence-electron chi connectivity index (χ1n) is 5.62.